The zero-order valence-electron chi connectivity index (χ0n) is 12.6. The molecule has 0 amide bonds. The largest absolute Gasteiger partial charge is 0.504 e. The number of phenolic OH excluding ortho intramolecular Hbond substituents is 1. The number of ether oxygens (including phenoxy) is 1. The Morgan fingerprint density at radius 1 is 1.18 bits per heavy atom. The first-order valence-corrected chi connectivity index (χ1v) is 6.98. The standard InChI is InChI=1S/C16H18N4O2/c1-19(9-12-3-4-15(22-2)14(21)7-12)10-13-5-6-20-16(8-13)17-11-18-20/h3-8,11,21H,9-10H2,1-2H3. The van der Waals surface area contributed by atoms with Crippen molar-refractivity contribution in [1.82, 2.24) is 19.5 Å². The molecule has 0 unspecified atom stereocenters. The van der Waals surface area contributed by atoms with Crippen LogP contribution in [0.2, 0.25) is 0 Å². The number of aromatic hydroxyl groups is 1. The summed E-state index contributed by atoms with van der Waals surface area (Å²) < 4.78 is 6.80. The van der Waals surface area contributed by atoms with Crippen molar-refractivity contribution in [2.24, 2.45) is 0 Å². The van der Waals surface area contributed by atoms with E-state index in [1.165, 1.54) is 5.56 Å². The van der Waals surface area contributed by atoms with Gasteiger partial charge in [-0.25, -0.2) is 9.50 Å². The summed E-state index contributed by atoms with van der Waals surface area (Å²) in [5.74, 6) is 0.655. The van der Waals surface area contributed by atoms with Gasteiger partial charge in [0.15, 0.2) is 17.1 Å². The van der Waals surface area contributed by atoms with Gasteiger partial charge in [-0.2, -0.15) is 5.10 Å². The van der Waals surface area contributed by atoms with E-state index in [0.717, 1.165) is 24.3 Å². The molecule has 2 heterocycles. The number of fused-ring (bicyclic) bond motifs is 1. The van der Waals surface area contributed by atoms with Gasteiger partial charge in [-0.3, -0.25) is 4.90 Å². The molecule has 0 aliphatic carbocycles. The van der Waals surface area contributed by atoms with Crippen LogP contribution in [0.5, 0.6) is 11.5 Å². The van der Waals surface area contributed by atoms with Crippen molar-refractivity contribution < 1.29 is 9.84 Å². The van der Waals surface area contributed by atoms with E-state index in [4.69, 9.17) is 4.74 Å². The van der Waals surface area contributed by atoms with Crippen LogP contribution < -0.4 is 4.74 Å². The Balaban J connectivity index is 1.68. The SMILES string of the molecule is COc1ccc(CN(C)Cc2ccn3ncnc3c2)cc1O. The summed E-state index contributed by atoms with van der Waals surface area (Å²) in [4.78, 5) is 6.36. The molecule has 22 heavy (non-hydrogen) atoms. The molecule has 0 spiro atoms. The number of pyridine rings is 1. The van der Waals surface area contributed by atoms with Gasteiger partial charge >= 0.3 is 0 Å². The van der Waals surface area contributed by atoms with E-state index in [2.05, 4.69) is 15.0 Å². The van der Waals surface area contributed by atoms with Crippen molar-refractivity contribution in [3.05, 3.63) is 54.0 Å². The van der Waals surface area contributed by atoms with Crippen molar-refractivity contribution in [3.63, 3.8) is 0 Å². The molecule has 0 aliphatic rings. The monoisotopic (exact) mass is 298 g/mol. The minimum Gasteiger partial charge on any atom is -0.504 e. The number of benzene rings is 1. The average Bonchev–Trinajstić information content (AvgIpc) is 2.95. The van der Waals surface area contributed by atoms with Gasteiger partial charge in [-0.05, 0) is 42.4 Å². The highest BCUT2D eigenvalue weighted by Crippen LogP contribution is 2.26. The van der Waals surface area contributed by atoms with Crippen LogP contribution in [-0.4, -0.2) is 38.8 Å². The number of nitrogens with zero attached hydrogens (tertiary/aromatic N) is 4. The molecular weight excluding hydrogens is 280 g/mol. The van der Waals surface area contributed by atoms with Gasteiger partial charge in [0.25, 0.3) is 0 Å². The predicted octanol–water partition coefficient (Wildman–Crippen LogP) is 2.08. The molecule has 0 saturated carbocycles. The first kappa shape index (κ1) is 14.3. The summed E-state index contributed by atoms with van der Waals surface area (Å²) in [5.41, 5.74) is 3.04. The summed E-state index contributed by atoms with van der Waals surface area (Å²) in [7, 11) is 3.58. The summed E-state index contributed by atoms with van der Waals surface area (Å²) in [6.07, 6.45) is 3.45. The maximum atomic E-state index is 9.83. The third kappa shape index (κ3) is 3.01. The molecule has 0 radical (unpaired) electrons. The van der Waals surface area contributed by atoms with Crippen LogP contribution >= 0.6 is 0 Å². The Labute approximate surface area is 128 Å². The molecule has 0 aliphatic heterocycles. The van der Waals surface area contributed by atoms with Crippen LogP contribution in [0.3, 0.4) is 0 Å². The van der Waals surface area contributed by atoms with Gasteiger partial charge in [0.1, 0.15) is 6.33 Å². The number of phenols is 1. The molecule has 3 rings (SSSR count). The third-order valence-electron chi connectivity index (χ3n) is 3.49. The lowest BCUT2D eigenvalue weighted by Crippen LogP contribution is -2.17. The maximum Gasteiger partial charge on any atom is 0.160 e. The summed E-state index contributed by atoms with van der Waals surface area (Å²) in [6.45, 7) is 1.52. The van der Waals surface area contributed by atoms with E-state index in [-0.39, 0.29) is 5.75 Å². The number of rotatable bonds is 5. The molecule has 0 atom stereocenters. The van der Waals surface area contributed by atoms with Crippen LogP contribution in [0.4, 0.5) is 0 Å². The van der Waals surface area contributed by atoms with Gasteiger partial charge in [0.05, 0.1) is 7.11 Å². The van der Waals surface area contributed by atoms with E-state index < -0.39 is 0 Å². The molecule has 114 valence electrons. The van der Waals surface area contributed by atoms with Crippen LogP contribution in [0.1, 0.15) is 11.1 Å². The van der Waals surface area contributed by atoms with Crippen LogP contribution in [0.15, 0.2) is 42.9 Å². The zero-order chi connectivity index (χ0) is 15.5. The fourth-order valence-corrected chi connectivity index (χ4v) is 2.47. The Kier molecular flexibility index (Phi) is 3.93. The van der Waals surface area contributed by atoms with E-state index in [9.17, 15) is 5.11 Å². The number of aromatic nitrogens is 3. The van der Waals surface area contributed by atoms with Crippen molar-refractivity contribution in [1.29, 1.82) is 0 Å². The lowest BCUT2D eigenvalue weighted by atomic mass is 10.1. The molecule has 0 saturated heterocycles. The number of hydrogen-bond donors (Lipinski definition) is 1. The van der Waals surface area contributed by atoms with E-state index in [0.29, 0.717) is 5.75 Å². The molecule has 3 aromatic rings. The van der Waals surface area contributed by atoms with E-state index in [1.54, 1.807) is 30.1 Å². The summed E-state index contributed by atoms with van der Waals surface area (Å²) >= 11 is 0. The number of hydrogen-bond acceptors (Lipinski definition) is 5. The van der Waals surface area contributed by atoms with Crippen molar-refractivity contribution in [2.45, 2.75) is 13.1 Å². The van der Waals surface area contributed by atoms with E-state index >= 15 is 0 Å². The van der Waals surface area contributed by atoms with Crippen molar-refractivity contribution in [3.8, 4) is 11.5 Å². The fraction of sp³-hybridized carbons (Fsp3) is 0.250. The van der Waals surface area contributed by atoms with Gasteiger partial charge in [-0.1, -0.05) is 6.07 Å². The molecule has 1 N–H and O–H groups in total. The first-order chi connectivity index (χ1) is 10.7. The minimum absolute atomic E-state index is 0.165. The molecule has 1 aromatic carbocycles. The predicted molar refractivity (Wildman–Crippen MR) is 82.8 cm³/mol. The van der Waals surface area contributed by atoms with Crippen LogP contribution in [-0.2, 0) is 13.1 Å². The van der Waals surface area contributed by atoms with Gasteiger partial charge < -0.3 is 9.84 Å². The highest BCUT2D eigenvalue weighted by Gasteiger charge is 2.07. The Morgan fingerprint density at radius 2 is 1.95 bits per heavy atom. The Morgan fingerprint density at radius 3 is 2.68 bits per heavy atom. The van der Waals surface area contributed by atoms with Gasteiger partial charge in [0, 0.05) is 19.3 Å². The molecule has 0 fully saturated rings. The highest BCUT2D eigenvalue weighted by molar-refractivity contribution is 5.42. The lowest BCUT2D eigenvalue weighted by molar-refractivity contribution is 0.317. The van der Waals surface area contributed by atoms with E-state index in [1.807, 2.05) is 31.4 Å². The minimum atomic E-state index is 0.165. The highest BCUT2D eigenvalue weighted by atomic mass is 16.5. The Bertz CT molecular complexity index is 785. The second kappa shape index (κ2) is 6.03. The average molecular weight is 298 g/mol. The van der Waals surface area contributed by atoms with Crippen molar-refractivity contribution in [2.75, 3.05) is 14.2 Å². The molecular formula is C16H18N4O2. The second-order valence-electron chi connectivity index (χ2n) is 5.28. The zero-order valence-corrected chi connectivity index (χ0v) is 12.6. The normalized spacial score (nSPS) is 11.2. The smallest absolute Gasteiger partial charge is 0.160 e. The first-order valence-electron chi connectivity index (χ1n) is 6.98. The van der Waals surface area contributed by atoms with Crippen molar-refractivity contribution >= 4 is 5.65 Å². The number of methoxy groups -OCH3 is 1. The van der Waals surface area contributed by atoms with Gasteiger partial charge in [0.2, 0.25) is 0 Å². The third-order valence-corrected chi connectivity index (χ3v) is 3.49. The second-order valence-corrected chi connectivity index (χ2v) is 5.28. The van der Waals surface area contributed by atoms with Crippen LogP contribution in [0.25, 0.3) is 5.65 Å². The molecule has 6 heteroatoms. The molecule has 0 bridgehead atoms. The molecule has 6 nitrogen and oxygen atoms in total. The van der Waals surface area contributed by atoms with Crippen LogP contribution in [0, 0.1) is 0 Å². The lowest BCUT2D eigenvalue weighted by Gasteiger charge is -2.17. The maximum absolute atomic E-state index is 9.83. The Hall–Kier alpha value is -2.60. The van der Waals surface area contributed by atoms with Gasteiger partial charge in [-0.15, -0.1) is 0 Å². The summed E-state index contributed by atoms with van der Waals surface area (Å²) in [5, 5.41) is 13.9. The topological polar surface area (TPSA) is 62.9 Å². The molecule has 2 aromatic heterocycles. The summed E-state index contributed by atoms with van der Waals surface area (Å²) in [6, 6.07) is 9.52. The fourth-order valence-electron chi connectivity index (χ4n) is 2.47. The quantitative estimate of drug-likeness (QED) is 0.781.